The molecule has 1 fully saturated rings. The molecule has 0 bridgehead atoms. The van der Waals surface area contributed by atoms with Gasteiger partial charge in [-0.1, -0.05) is 77.5 Å². The average molecular weight is 479 g/mol. The van der Waals surface area contributed by atoms with Crippen LogP contribution in [0.1, 0.15) is 39.4 Å². The van der Waals surface area contributed by atoms with E-state index in [1.165, 1.54) is 38.3 Å². The molecule has 6 heteroatoms. The van der Waals surface area contributed by atoms with E-state index in [2.05, 4.69) is 63.2 Å². The summed E-state index contributed by atoms with van der Waals surface area (Å²) in [5, 5.41) is 0.578. The van der Waals surface area contributed by atoms with Crippen LogP contribution in [0.25, 0.3) is 0 Å². The largest absolute Gasteiger partial charge is 0.265 e. The van der Waals surface area contributed by atoms with Crippen molar-refractivity contribution in [1.29, 1.82) is 0 Å². The summed E-state index contributed by atoms with van der Waals surface area (Å²) in [6.07, 6.45) is 0.717. The third kappa shape index (κ3) is 5.17. The topological polar surface area (TPSA) is 49.7 Å². The van der Waals surface area contributed by atoms with Crippen molar-refractivity contribution in [3.05, 3.63) is 100 Å². The van der Waals surface area contributed by atoms with Crippen LogP contribution in [0.15, 0.2) is 76.6 Å². The van der Waals surface area contributed by atoms with Crippen LogP contribution in [0.5, 0.6) is 0 Å². The number of hydrogen-bond donors (Lipinski definition) is 0. The second-order valence-electron chi connectivity index (χ2n) is 8.65. The van der Waals surface area contributed by atoms with E-state index in [1.54, 1.807) is 12.1 Å². The Kier molecular flexibility index (Phi) is 6.96. The van der Waals surface area contributed by atoms with Gasteiger partial charge in [-0.2, -0.15) is 0 Å². The molecular formula is C27H30N2O2S2. The molecule has 4 rings (SSSR count). The van der Waals surface area contributed by atoms with Crippen LogP contribution in [0.4, 0.5) is 0 Å². The molecule has 0 saturated carbocycles. The van der Waals surface area contributed by atoms with Gasteiger partial charge in [-0.15, -0.1) is 0 Å². The summed E-state index contributed by atoms with van der Waals surface area (Å²) >= 11 is 1.52. The Bertz CT molecular complexity index is 1280. The van der Waals surface area contributed by atoms with Crippen molar-refractivity contribution in [3.63, 3.8) is 0 Å². The molecule has 0 amide bonds. The summed E-state index contributed by atoms with van der Waals surface area (Å²) in [6.45, 7) is 8.70. The third-order valence-electron chi connectivity index (χ3n) is 6.13. The lowest BCUT2D eigenvalue weighted by Gasteiger charge is -2.22. The SMILES string of the molecule is Cc1ccc(S(=O)(=O)N2CCSC2=NC(Cc2cccc(C)c2)c2cccc(C)c2C)cc1. The Morgan fingerprint density at radius 3 is 2.39 bits per heavy atom. The molecule has 3 aromatic rings. The molecule has 0 radical (unpaired) electrons. The normalized spacial score (nSPS) is 16.4. The molecule has 1 unspecified atom stereocenters. The van der Waals surface area contributed by atoms with Gasteiger partial charge in [0.05, 0.1) is 10.9 Å². The molecule has 0 spiro atoms. The van der Waals surface area contributed by atoms with Crippen molar-refractivity contribution in [2.75, 3.05) is 12.3 Å². The van der Waals surface area contributed by atoms with Crippen molar-refractivity contribution < 1.29 is 8.42 Å². The first kappa shape index (κ1) is 23.6. The summed E-state index contributed by atoms with van der Waals surface area (Å²) in [6, 6.07) is 21.6. The predicted octanol–water partition coefficient (Wildman–Crippen LogP) is 6.00. The summed E-state index contributed by atoms with van der Waals surface area (Å²) in [5.74, 6) is 0.702. The lowest BCUT2D eigenvalue weighted by atomic mass is 9.93. The van der Waals surface area contributed by atoms with Crippen LogP contribution in [0.3, 0.4) is 0 Å². The highest BCUT2D eigenvalue weighted by molar-refractivity contribution is 8.15. The van der Waals surface area contributed by atoms with Crippen molar-refractivity contribution in [3.8, 4) is 0 Å². The molecule has 33 heavy (non-hydrogen) atoms. The van der Waals surface area contributed by atoms with Crippen LogP contribution in [0, 0.1) is 27.7 Å². The van der Waals surface area contributed by atoms with Crippen LogP contribution < -0.4 is 0 Å². The number of aryl methyl sites for hydroxylation is 3. The highest BCUT2D eigenvalue weighted by Crippen LogP contribution is 2.32. The summed E-state index contributed by atoms with van der Waals surface area (Å²) < 4.78 is 28.3. The number of amidine groups is 1. The molecule has 172 valence electrons. The number of thioether (sulfide) groups is 1. The van der Waals surface area contributed by atoms with Gasteiger partial charge in [0.1, 0.15) is 0 Å². The zero-order valence-electron chi connectivity index (χ0n) is 19.6. The highest BCUT2D eigenvalue weighted by atomic mass is 32.2. The lowest BCUT2D eigenvalue weighted by Crippen LogP contribution is -2.32. The van der Waals surface area contributed by atoms with E-state index in [4.69, 9.17) is 4.99 Å². The maximum Gasteiger partial charge on any atom is 0.265 e. The number of aliphatic imine (C=N–C) groups is 1. The van der Waals surface area contributed by atoms with Crippen LogP contribution in [-0.4, -0.2) is 30.2 Å². The molecule has 3 aromatic carbocycles. The van der Waals surface area contributed by atoms with Gasteiger partial charge < -0.3 is 0 Å². The van der Waals surface area contributed by atoms with Gasteiger partial charge in [0.25, 0.3) is 10.0 Å². The van der Waals surface area contributed by atoms with Gasteiger partial charge in [-0.3, -0.25) is 4.99 Å². The number of rotatable bonds is 6. The second-order valence-corrected chi connectivity index (χ2v) is 11.6. The van der Waals surface area contributed by atoms with Gasteiger partial charge in [-0.25, -0.2) is 12.7 Å². The fourth-order valence-corrected chi connectivity index (χ4v) is 6.89. The smallest absolute Gasteiger partial charge is 0.253 e. The summed E-state index contributed by atoms with van der Waals surface area (Å²) in [4.78, 5) is 5.40. The number of nitrogens with zero attached hydrogens (tertiary/aromatic N) is 2. The van der Waals surface area contributed by atoms with Crippen molar-refractivity contribution in [2.24, 2.45) is 4.99 Å². The second kappa shape index (κ2) is 9.74. The monoisotopic (exact) mass is 478 g/mol. The average Bonchev–Trinajstić information content (AvgIpc) is 3.25. The minimum absolute atomic E-state index is 0.164. The van der Waals surface area contributed by atoms with Crippen molar-refractivity contribution in [2.45, 2.75) is 45.1 Å². The summed E-state index contributed by atoms with van der Waals surface area (Å²) in [7, 11) is -3.65. The molecule has 4 nitrogen and oxygen atoms in total. The molecule has 0 aliphatic carbocycles. The molecule has 1 aliphatic heterocycles. The third-order valence-corrected chi connectivity index (χ3v) is 9.02. The van der Waals surface area contributed by atoms with E-state index in [0.717, 1.165) is 11.1 Å². The Balaban J connectivity index is 1.75. The van der Waals surface area contributed by atoms with Crippen LogP contribution in [0.2, 0.25) is 0 Å². The zero-order chi connectivity index (χ0) is 23.6. The Morgan fingerprint density at radius 1 is 0.939 bits per heavy atom. The fraction of sp³-hybridized carbons (Fsp3) is 0.296. The van der Waals surface area contributed by atoms with Gasteiger partial charge in [0.2, 0.25) is 0 Å². The number of hydrogen-bond acceptors (Lipinski definition) is 4. The molecule has 0 aromatic heterocycles. The van der Waals surface area contributed by atoms with E-state index in [1.807, 2.05) is 19.1 Å². The Morgan fingerprint density at radius 2 is 1.67 bits per heavy atom. The Labute approximate surface area is 201 Å². The maximum atomic E-state index is 13.4. The quantitative estimate of drug-likeness (QED) is 0.437. The maximum absolute atomic E-state index is 13.4. The molecule has 1 atom stereocenters. The molecule has 1 saturated heterocycles. The predicted molar refractivity (Wildman–Crippen MR) is 139 cm³/mol. The minimum atomic E-state index is -3.65. The lowest BCUT2D eigenvalue weighted by molar-refractivity contribution is 0.537. The standard InChI is InChI=1S/C27H30N2O2S2/c1-19-11-13-24(14-12-19)33(30,31)29-15-16-32-27(29)28-26(18-23-9-5-7-20(2)17-23)25-10-6-8-21(3)22(25)4/h5-14,17,26H,15-16,18H2,1-4H3. The van der Waals surface area contributed by atoms with E-state index in [-0.39, 0.29) is 6.04 Å². The fourth-order valence-electron chi connectivity index (χ4n) is 4.11. The molecule has 0 N–H and O–H groups in total. The Hall–Kier alpha value is -2.57. The van der Waals surface area contributed by atoms with Gasteiger partial charge in [-0.05, 0) is 68.5 Å². The zero-order valence-corrected chi connectivity index (χ0v) is 21.2. The van der Waals surface area contributed by atoms with E-state index >= 15 is 0 Å². The molecular weight excluding hydrogens is 448 g/mol. The minimum Gasteiger partial charge on any atom is -0.253 e. The first-order valence-electron chi connectivity index (χ1n) is 11.2. The summed E-state index contributed by atoms with van der Waals surface area (Å²) in [5.41, 5.74) is 7.00. The van der Waals surface area contributed by atoms with Gasteiger partial charge >= 0.3 is 0 Å². The number of benzene rings is 3. The van der Waals surface area contributed by atoms with E-state index in [0.29, 0.717) is 28.8 Å². The first-order valence-corrected chi connectivity index (χ1v) is 13.6. The van der Waals surface area contributed by atoms with Crippen LogP contribution in [-0.2, 0) is 16.4 Å². The van der Waals surface area contributed by atoms with Gasteiger partial charge in [0, 0.05) is 12.3 Å². The molecule has 1 aliphatic rings. The van der Waals surface area contributed by atoms with Crippen molar-refractivity contribution in [1.82, 2.24) is 4.31 Å². The number of sulfonamides is 1. The molecule has 1 heterocycles. The van der Waals surface area contributed by atoms with Crippen molar-refractivity contribution >= 4 is 27.0 Å². The highest BCUT2D eigenvalue weighted by Gasteiger charge is 2.33. The van der Waals surface area contributed by atoms with Gasteiger partial charge in [0.15, 0.2) is 5.17 Å². The van der Waals surface area contributed by atoms with E-state index in [9.17, 15) is 8.42 Å². The van der Waals surface area contributed by atoms with Crippen LogP contribution >= 0.6 is 11.8 Å². The van der Waals surface area contributed by atoms with E-state index < -0.39 is 10.0 Å². The first-order chi connectivity index (χ1) is 15.8.